The molecule has 3 aliphatic rings. The van der Waals surface area contributed by atoms with Crippen molar-refractivity contribution in [3.05, 3.63) is 12.2 Å². The van der Waals surface area contributed by atoms with E-state index in [1.54, 1.807) is 4.90 Å². The molecule has 0 aromatic rings. The van der Waals surface area contributed by atoms with Gasteiger partial charge >= 0.3 is 6.09 Å². The summed E-state index contributed by atoms with van der Waals surface area (Å²) < 4.78 is 4.67. The standard InChI is InChI=1S/C10H13NO3/c1-14-10(13)11-5-7-2-3-9(11)8(4-7)6-12/h2-3,6-9H,4-5H2,1H3. The predicted molar refractivity (Wildman–Crippen MR) is 49.7 cm³/mol. The molecule has 1 aliphatic carbocycles. The summed E-state index contributed by atoms with van der Waals surface area (Å²) in [4.78, 5) is 23.8. The van der Waals surface area contributed by atoms with E-state index in [0.717, 1.165) is 12.7 Å². The molecule has 2 heterocycles. The zero-order valence-electron chi connectivity index (χ0n) is 8.05. The number of aldehydes is 1. The Morgan fingerprint density at radius 3 is 2.93 bits per heavy atom. The summed E-state index contributed by atoms with van der Waals surface area (Å²) in [6, 6.07) is -0.0926. The molecule has 14 heavy (non-hydrogen) atoms. The minimum absolute atomic E-state index is 0.0575. The molecule has 0 aromatic carbocycles. The molecule has 0 aromatic heterocycles. The van der Waals surface area contributed by atoms with Crippen molar-refractivity contribution in [3.8, 4) is 0 Å². The van der Waals surface area contributed by atoms with E-state index < -0.39 is 0 Å². The highest BCUT2D eigenvalue weighted by Gasteiger charge is 2.39. The van der Waals surface area contributed by atoms with Crippen molar-refractivity contribution >= 4 is 12.4 Å². The number of rotatable bonds is 1. The van der Waals surface area contributed by atoms with Gasteiger partial charge in [-0.15, -0.1) is 0 Å². The number of fused-ring (bicyclic) bond motifs is 2. The molecule has 0 spiro atoms. The molecule has 4 nitrogen and oxygen atoms in total. The molecule has 3 unspecified atom stereocenters. The van der Waals surface area contributed by atoms with Crippen molar-refractivity contribution in [2.24, 2.45) is 11.8 Å². The third kappa shape index (κ3) is 1.31. The highest BCUT2D eigenvalue weighted by Crippen LogP contribution is 2.33. The maximum absolute atomic E-state index is 11.4. The number of nitrogens with zero attached hydrogens (tertiary/aromatic N) is 1. The van der Waals surface area contributed by atoms with E-state index in [4.69, 9.17) is 0 Å². The van der Waals surface area contributed by atoms with Crippen LogP contribution in [-0.4, -0.2) is 37.0 Å². The van der Waals surface area contributed by atoms with Gasteiger partial charge in [0.2, 0.25) is 0 Å². The van der Waals surface area contributed by atoms with Crippen LogP contribution in [0.1, 0.15) is 6.42 Å². The van der Waals surface area contributed by atoms with Crippen molar-refractivity contribution in [1.29, 1.82) is 0 Å². The average Bonchev–Trinajstić information content (AvgIpc) is 2.28. The maximum Gasteiger partial charge on any atom is 0.410 e. The van der Waals surface area contributed by atoms with Gasteiger partial charge in [0.25, 0.3) is 0 Å². The number of amides is 1. The molecule has 1 saturated heterocycles. The molecule has 2 aliphatic heterocycles. The van der Waals surface area contributed by atoms with Crippen molar-refractivity contribution < 1.29 is 14.3 Å². The van der Waals surface area contributed by atoms with Crippen LogP contribution in [0.4, 0.5) is 4.79 Å². The summed E-state index contributed by atoms with van der Waals surface area (Å²) in [5, 5.41) is 0. The van der Waals surface area contributed by atoms with Gasteiger partial charge < -0.3 is 14.4 Å². The number of piperidine rings is 1. The largest absolute Gasteiger partial charge is 0.453 e. The Morgan fingerprint density at radius 2 is 2.36 bits per heavy atom. The number of ether oxygens (including phenoxy) is 1. The minimum atomic E-state index is -0.337. The Morgan fingerprint density at radius 1 is 1.57 bits per heavy atom. The van der Waals surface area contributed by atoms with Crippen LogP contribution < -0.4 is 0 Å². The first-order valence-electron chi connectivity index (χ1n) is 4.74. The average molecular weight is 195 g/mol. The molecule has 4 heteroatoms. The zero-order valence-corrected chi connectivity index (χ0v) is 8.05. The van der Waals surface area contributed by atoms with E-state index in [-0.39, 0.29) is 18.1 Å². The topological polar surface area (TPSA) is 46.6 Å². The number of hydrogen-bond acceptors (Lipinski definition) is 3. The van der Waals surface area contributed by atoms with Crippen LogP contribution >= 0.6 is 0 Å². The van der Waals surface area contributed by atoms with Crippen LogP contribution in [0.2, 0.25) is 0 Å². The summed E-state index contributed by atoms with van der Waals surface area (Å²) in [5.41, 5.74) is 0. The molecule has 0 N–H and O–H groups in total. The zero-order chi connectivity index (χ0) is 10.1. The fourth-order valence-electron chi connectivity index (χ4n) is 2.28. The quantitative estimate of drug-likeness (QED) is 0.460. The molecular weight excluding hydrogens is 182 g/mol. The Labute approximate surface area is 82.5 Å². The second kappa shape index (κ2) is 3.44. The van der Waals surface area contributed by atoms with Gasteiger partial charge in [0.15, 0.2) is 0 Å². The molecule has 1 fully saturated rings. The molecule has 76 valence electrons. The monoisotopic (exact) mass is 195 g/mol. The Balaban J connectivity index is 2.19. The van der Waals surface area contributed by atoms with E-state index in [0.29, 0.717) is 12.5 Å². The third-order valence-electron chi connectivity index (χ3n) is 2.97. The van der Waals surface area contributed by atoms with Gasteiger partial charge in [0.1, 0.15) is 6.29 Å². The van der Waals surface area contributed by atoms with E-state index in [2.05, 4.69) is 10.8 Å². The van der Waals surface area contributed by atoms with Crippen LogP contribution in [0, 0.1) is 11.8 Å². The number of hydrogen-bond donors (Lipinski definition) is 0. The number of carbonyl (C=O) groups excluding carboxylic acids is 2. The molecule has 3 atom stereocenters. The summed E-state index contributed by atoms with van der Waals surface area (Å²) in [6.07, 6.45) is 5.49. The highest BCUT2D eigenvalue weighted by atomic mass is 16.5. The van der Waals surface area contributed by atoms with Gasteiger partial charge in [0.05, 0.1) is 13.2 Å². The van der Waals surface area contributed by atoms with Gasteiger partial charge in [-0.05, 0) is 12.3 Å². The van der Waals surface area contributed by atoms with Crippen molar-refractivity contribution in [3.63, 3.8) is 0 Å². The third-order valence-corrected chi connectivity index (χ3v) is 2.97. The molecule has 1 amide bonds. The van der Waals surface area contributed by atoms with E-state index in [1.807, 2.05) is 6.08 Å². The summed E-state index contributed by atoms with van der Waals surface area (Å²) in [6.45, 7) is 0.679. The lowest BCUT2D eigenvalue weighted by molar-refractivity contribution is -0.114. The van der Waals surface area contributed by atoms with Crippen LogP contribution in [0.5, 0.6) is 0 Å². The van der Waals surface area contributed by atoms with Crippen LogP contribution in [0.3, 0.4) is 0 Å². The smallest absolute Gasteiger partial charge is 0.410 e. The van der Waals surface area contributed by atoms with Gasteiger partial charge in [-0.2, -0.15) is 0 Å². The fourth-order valence-corrected chi connectivity index (χ4v) is 2.28. The fraction of sp³-hybridized carbons (Fsp3) is 0.600. The van der Waals surface area contributed by atoms with Crippen molar-refractivity contribution in [2.45, 2.75) is 12.5 Å². The van der Waals surface area contributed by atoms with Crippen molar-refractivity contribution in [1.82, 2.24) is 4.90 Å². The van der Waals surface area contributed by atoms with Crippen LogP contribution in [0.15, 0.2) is 12.2 Å². The van der Waals surface area contributed by atoms with Gasteiger partial charge in [-0.1, -0.05) is 12.2 Å². The summed E-state index contributed by atoms with van der Waals surface area (Å²) in [5.74, 6) is 0.257. The second-order valence-corrected chi connectivity index (χ2v) is 3.79. The van der Waals surface area contributed by atoms with Gasteiger partial charge in [-0.25, -0.2) is 4.79 Å². The lowest BCUT2D eigenvalue weighted by Gasteiger charge is -2.43. The van der Waals surface area contributed by atoms with E-state index >= 15 is 0 Å². The van der Waals surface area contributed by atoms with E-state index in [1.165, 1.54) is 7.11 Å². The molecule has 0 saturated carbocycles. The predicted octanol–water partition coefficient (Wildman–Crippen LogP) is 0.828. The SMILES string of the molecule is COC(=O)N1CC2C=CC1C(C=O)C2. The number of carbonyl (C=O) groups is 2. The summed E-state index contributed by atoms with van der Waals surface area (Å²) >= 11 is 0. The molecule has 2 bridgehead atoms. The first-order valence-corrected chi connectivity index (χ1v) is 4.74. The lowest BCUT2D eigenvalue weighted by Crippen LogP contribution is -2.53. The van der Waals surface area contributed by atoms with E-state index in [9.17, 15) is 9.59 Å². The minimum Gasteiger partial charge on any atom is -0.453 e. The summed E-state index contributed by atoms with van der Waals surface area (Å²) in [7, 11) is 1.37. The van der Waals surface area contributed by atoms with Crippen molar-refractivity contribution in [2.75, 3.05) is 13.7 Å². The Kier molecular flexibility index (Phi) is 2.27. The Hall–Kier alpha value is -1.32. The highest BCUT2D eigenvalue weighted by molar-refractivity contribution is 5.70. The molecule has 0 radical (unpaired) electrons. The van der Waals surface area contributed by atoms with Crippen LogP contribution in [-0.2, 0) is 9.53 Å². The first kappa shape index (κ1) is 9.24. The Bertz CT molecular complexity index is 287. The first-order chi connectivity index (χ1) is 6.76. The molecular formula is C10H13NO3. The maximum atomic E-state index is 11.4. The molecule has 3 rings (SSSR count). The van der Waals surface area contributed by atoms with Gasteiger partial charge in [0, 0.05) is 12.5 Å². The normalized spacial score (nSPS) is 34.4. The van der Waals surface area contributed by atoms with Gasteiger partial charge in [-0.3, -0.25) is 0 Å². The second-order valence-electron chi connectivity index (χ2n) is 3.79. The lowest BCUT2D eigenvalue weighted by atomic mass is 9.78. The number of methoxy groups -OCH3 is 1. The van der Waals surface area contributed by atoms with Crippen LogP contribution in [0.25, 0.3) is 0 Å².